The molecule has 0 spiro atoms. The van der Waals surface area contributed by atoms with Gasteiger partial charge in [-0.25, -0.2) is 9.37 Å². The molecule has 1 aliphatic rings. The molecule has 1 amide bonds. The summed E-state index contributed by atoms with van der Waals surface area (Å²) >= 11 is 0. The van der Waals surface area contributed by atoms with E-state index in [4.69, 9.17) is 10.7 Å². The minimum absolute atomic E-state index is 0.0903. The summed E-state index contributed by atoms with van der Waals surface area (Å²) in [7, 11) is 0. The second-order valence-electron chi connectivity index (χ2n) is 8.34. The number of aromatic nitrogens is 2. The number of amides is 1. The number of anilines is 2. The van der Waals surface area contributed by atoms with Crippen molar-refractivity contribution in [2.75, 3.05) is 11.9 Å². The number of imidazole rings is 1. The molecule has 1 aromatic heterocycles. The van der Waals surface area contributed by atoms with Crippen LogP contribution in [0.1, 0.15) is 30.8 Å². The highest BCUT2D eigenvalue weighted by molar-refractivity contribution is 5.83. The van der Waals surface area contributed by atoms with Crippen molar-refractivity contribution in [1.29, 1.82) is 0 Å². The molecule has 0 saturated carbocycles. The van der Waals surface area contributed by atoms with Crippen LogP contribution in [-0.2, 0) is 10.3 Å². The second kappa shape index (κ2) is 7.67. The summed E-state index contributed by atoms with van der Waals surface area (Å²) in [5.41, 5.74) is 9.55. The molecule has 0 fully saturated rings. The third-order valence-corrected chi connectivity index (χ3v) is 5.47. The van der Waals surface area contributed by atoms with E-state index in [1.807, 2.05) is 32.3 Å². The average molecular weight is 420 g/mol. The second-order valence-corrected chi connectivity index (χ2v) is 8.34. The quantitative estimate of drug-likeness (QED) is 0.652. The van der Waals surface area contributed by atoms with E-state index < -0.39 is 5.54 Å². The molecule has 0 unspecified atom stereocenters. The number of aryl methyl sites for hydroxylation is 2. The Bertz CT molecular complexity index is 1160. The van der Waals surface area contributed by atoms with Gasteiger partial charge in [-0.05, 0) is 75.2 Å². The number of hydrogen-bond donors (Lipinski definition) is 2. The van der Waals surface area contributed by atoms with E-state index in [-0.39, 0.29) is 18.3 Å². The van der Waals surface area contributed by atoms with E-state index in [9.17, 15) is 9.18 Å². The minimum Gasteiger partial charge on any atom is -0.339 e. The van der Waals surface area contributed by atoms with Crippen molar-refractivity contribution in [3.63, 3.8) is 0 Å². The van der Waals surface area contributed by atoms with Gasteiger partial charge in [-0.1, -0.05) is 6.07 Å². The average Bonchev–Trinajstić information content (AvgIpc) is 3.07. The standard InChI is InChI=1S/C24H26FN5O/c1-15-11-16(2)13-19(12-15)27-22-21(17-5-7-18(25)8-6-17)28-23-24(3,4)30(20(31)14-26)10-9-29(22)23/h5-13,27H,14,26H2,1-4H3. The molecule has 4 rings (SSSR count). The molecule has 160 valence electrons. The predicted octanol–water partition coefficient (Wildman–Crippen LogP) is 4.51. The number of nitrogens with zero attached hydrogens (tertiary/aromatic N) is 3. The first-order chi connectivity index (χ1) is 14.7. The van der Waals surface area contributed by atoms with Crippen molar-refractivity contribution in [1.82, 2.24) is 14.5 Å². The topological polar surface area (TPSA) is 76.2 Å². The number of hydrogen-bond acceptors (Lipinski definition) is 4. The zero-order valence-corrected chi connectivity index (χ0v) is 18.1. The number of nitrogens with two attached hydrogens (primary N) is 1. The first kappa shape index (κ1) is 20.8. The van der Waals surface area contributed by atoms with Crippen LogP contribution in [0.3, 0.4) is 0 Å². The van der Waals surface area contributed by atoms with Gasteiger partial charge in [0.2, 0.25) is 5.91 Å². The van der Waals surface area contributed by atoms with Crippen molar-refractivity contribution in [3.8, 4) is 11.3 Å². The zero-order valence-electron chi connectivity index (χ0n) is 18.1. The van der Waals surface area contributed by atoms with E-state index in [0.717, 1.165) is 28.2 Å². The summed E-state index contributed by atoms with van der Waals surface area (Å²) in [6, 6.07) is 12.5. The Morgan fingerprint density at radius 2 is 1.74 bits per heavy atom. The highest BCUT2D eigenvalue weighted by Gasteiger charge is 2.39. The van der Waals surface area contributed by atoms with Crippen LogP contribution in [0.25, 0.3) is 17.5 Å². The van der Waals surface area contributed by atoms with Gasteiger partial charge in [-0.3, -0.25) is 9.36 Å². The maximum absolute atomic E-state index is 13.6. The lowest BCUT2D eigenvalue weighted by Gasteiger charge is -2.38. The van der Waals surface area contributed by atoms with Gasteiger partial charge in [0.05, 0.1) is 6.54 Å². The molecule has 2 heterocycles. The lowest BCUT2D eigenvalue weighted by atomic mass is 10.0. The monoisotopic (exact) mass is 419 g/mol. The first-order valence-electron chi connectivity index (χ1n) is 10.1. The molecule has 3 aromatic rings. The zero-order chi connectivity index (χ0) is 22.3. The Morgan fingerprint density at radius 3 is 2.35 bits per heavy atom. The van der Waals surface area contributed by atoms with Crippen LogP contribution in [0.5, 0.6) is 0 Å². The van der Waals surface area contributed by atoms with Gasteiger partial charge >= 0.3 is 0 Å². The summed E-state index contributed by atoms with van der Waals surface area (Å²) in [4.78, 5) is 18.9. The van der Waals surface area contributed by atoms with Crippen molar-refractivity contribution < 1.29 is 9.18 Å². The third-order valence-electron chi connectivity index (χ3n) is 5.47. The fourth-order valence-electron chi connectivity index (χ4n) is 4.04. The lowest BCUT2D eigenvalue weighted by molar-refractivity contribution is -0.132. The Labute approximate surface area is 181 Å². The Morgan fingerprint density at radius 1 is 1.10 bits per heavy atom. The van der Waals surface area contributed by atoms with E-state index in [1.165, 1.54) is 12.1 Å². The molecule has 0 aliphatic carbocycles. The van der Waals surface area contributed by atoms with E-state index in [1.54, 1.807) is 29.4 Å². The molecule has 0 radical (unpaired) electrons. The molecular weight excluding hydrogens is 393 g/mol. The van der Waals surface area contributed by atoms with Crippen LogP contribution in [-0.4, -0.2) is 26.9 Å². The fourth-order valence-corrected chi connectivity index (χ4v) is 4.04. The predicted molar refractivity (Wildman–Crippen MR) is 121 cm³/mol. The number of rotatable bonds is 4. The largest absolute Gasteiger partial charge is 0.339 e. The maximum atomic E-state index is 13.6. The van der Waals surface area contributed by atoms with E-state index in [0.29, 0.717) is 11.5 Å². The number of carbonyl (C=O) groups excluding carboxylic acids is 1. The van der Waals surface area contributed by atoms with Crippen LogP contribution in [0, 0.1) is 19.7 Å². The lowest BCUT2D eigenvalue weighted by Crippen LogP contribution is -2.47. The van der Waals surface area contributed by atoms with Gasteiger partial charge in [0.15, 0.2) is 0 Å². The molecule has 2 aromatic carbocycles. The van der Waals surface area contributed by atoms with Crippen molar-refractivity contribution in [3.05, 3.63) is 71.4 Å². The number of benzene rings is 2. The van der Waals surface area contributed by atoms with Crippen molar-refractivity contribution >= 4 is 23.6 Å². The van der Waals surface area contributed by atoms with Crippen molar-refractivity contribution in [2.45, 2.75) is 33.2 Å². The van der Waals surface area contributed by atoms with Gasteiger partial charge in [0, 0.05) is 23.7 Å². The third kappa shape index (κ3) is 3.72. The SMILES string of the molecule is Cc1cc(C)cc(Nc2c(-c3ccc(F)cc3)nc3n2C=CN(C(=O)CN)C3(C)C)c1. The molecule has 0 saturated heterocycles. The summed E-state index contributed by atoms with van der Waals surface area (Å²) < 4.78 is 15.5. The van der Waals surface area contributed by atoms with Gasteiger partial charge in [-0.15, -0.1) is 0 Å². The number of nitrogens with one attached hydrogen (secondary N) is 1. The summed E-state index contributed by atoms with van der Waals surface area (Å²) in [6.07, 6.45) is 3.53. The normalized spacial score (nSPS) is 14.5. The molecule has 6 nitrogen and oxygen atoms in total. The van der Waals surface area contributed by atoms with Crippen LogP contribution in [0.2, 0.25) is 0 Å². The number of carbonyl (C=O) groups is 1. The molecular formula is C24H26FN5O. The van der Waals surface area contributed by atoms with Crippen LogP contribution >= 0.6 is 0 Å². The van der Waals surface area contributed by atoms with Gasteiger partial charge < -0.3 is 16.0 Å². The summed E-state index contributed by atoms with van der Waals surface area (Å²) in [5, 5.41) is 3.50. The van der Waals surface area contributed by atoms with Gasteiger partial charge in [0.1, 0.15) is 28.7 Å². The number of halogens is 1. The van der Waals surface area contributed by atoms with Crippen molar-refractivity contribution in [2.24, 2.45) is 5.73 Å². The Hall–Kier alpha value is -3.45. The maximum Gasteiger partial charge on any atom is 0.241 e. The van der Waals surface area contributed by atoms with E-state index >= 15 is 0 Å². The van der Waals surface area contributed by atoms with Gasteiger partial charge in [0.25, 0.3) is 0 Å². The first-order valence-corrected chi connectivity index (χ1v) is 10.1. The number of fused-ring (bicyclic) bond motifs is 1. The highest BCUT2D eigenvalue weighted by atomic mass is 19.1. The van der Waals surface area contributed by atoms with Crippen LogP contribution < -0.4 is 11.1 Å². The fraction of sp³-hybridized carbons (Fsp3) is 0.250. The molecule has 7 heteroatoms. The smallest absolute Gasteiger partial charge is 0.241 e. The molecule has 3 N–H and O–H groups in total. The molecule has 31 heavy (non-hydrogen) atoms. The minimum atomic E-state index is -0.720. The van der Waals surface area contributed by atoms with Gasteiger partial charge in [-0.2, -0.15) is 0 Å². The summed E-state index contributed by atoms with van der Waals surface area (Å²) in [6.45, 7) is 7.86. The Kier molecular flexibility index (Phi) is 5.15. The summed E-state index contributed by atoms with van der Waals surface area (Å²) in [5.74, 6) is 0.929. The van der Waals surface area contributed by atoms with E-state index in [2.05, 4.69) is 23.5 Å². The Balaban J connectivity index is 1.90. The molecule has 1 aliphatic heterocycles. The van der Waals surface area contributed by atoms with Crippen LogP contribution in [0.15, 0.2) is 48.7 Å². The highest BCUT2D eigenvalue weighted by Crippen LogP contribution is 2.40. The molecule has 0 bridgehead atoms. The molecule has 0 atom stereocenters. The van der Waals surface area contributed by atoms with Crippen LogP contribution in [0.4, 0.5) is 15.9 Å².